The first-order valence-corrected chi connectivity index (χ1v) is 9.02. The van der Waals surface area contributed by atoms with Crippen molar-refractivity contribution in [2.45, 2.75) is 35.8 Å². The molecule has 5 nitrogen and oxygen atoms in total. The van der Waals surface area contributed by atoms with Crippen LogP contribution in [0.25, 0.3) is 0 Å². The van der Waals surface area contributed by atoms with Gasteiger partial charge in [0.05, 0.1) is 28.9 Å². The van der Waals surface area contributed by atoms with Crippen LogP contribution in [0.4, 0.5) is 0 Å². The molecule has 0 aliphatic carbocycles. The van der Waals surface area contributed by atoms with Gasteiger partial charge in [-0.2, -0.15) is 0 Å². The average Bonchev–Trinajstić information content (AvgIpc) is 3.01. The summed E-state index contributed by atoms with van der Waals surface area (Å²) in [5, 5.41) is 13.3. The Bertz CT molecular complexity index is 610. The average molecular weight is 311 g/mol. The van der Waals surface area contributed by atoms with Crippen molar-refractivity contribution in [3.8, 4) is 0 Å². The first kappa shape index (κ1) is 15.0. The molecule has 6 heteroatoms. The number of hydrogen-bond donors (Lipinski definition) is 2. The van der Waals surface area contributed by atoms with Gasteiger partial charge >= 0.3 is 0 Å². The van der Waals surface area contributed by atoms with Crippen molar-refractivity contribution in [1.82, 2.24) is 5.32 Å². The van der Waals surface area contributed by atoms with E-state index in [1.165, 1.54) is 0 Å². The van der Waals surface area contributed by atoms with Crippen molar-refractivity contribution in [3.63, 3.8) is 0 Å². The summed E-state index contributed by atoms with van der Waals surface area (Å²) in [6.45, 7) is 1.30. The molecule has 1 fully saturated rings. The second-order valence-electron chi connectivity index (χ2n) is 5.82. The fourth-order valence-corrected chi connectivity index (χ4v) is 4.93. The lowest BCUT2D eigenvalue weighted by molar-refractivity contribution is 0.0845. The summed E-state index contributed by atoms with van der Waals surface area (Å²) >= 11 is 0. The van der Waals surface area contributed by atoms with E-state index >= 15 is 0 Å². The summed E-state index contributed by atoms with van der Waals surface area (Å²) in [4.78, 5) is 0.338. The highest BCUT2D eigenvalue weighted by Crippen LogP contribution is 2.36. The van der Waals surface area contributed by atoms with Gasteiger partial charge in [-0.1, -0.05) is 18.2 Å². The third kappa shape index (κ3) is 2.73. The highest BCUT2D eigenvalue weighted by molar-refractivity contribution is 7.91. The minimum absolute atomic E-state index is 0.0586. The fourth-order valence-electron chi connectivity index (χ4n) is 3.20. The smallest absolute Gasteiger partial charge is 0.178 e. The second-order valence-corrected chi connectivity index (χ2v) is 7.90. The lowest BCUT2D eigenvalue weighted by Gasteiger charge is -2.39. The van der Waals surface area contributed by atoms with Gasteiger partial charge in [-0.25, -0.2) is 8.42 Å². The maximum Gasteiger partial charge on any atom is 0.178 e. The molecule has 0 radical (unpaired) electrons. The van der Waals surface area contributed by atoms with E-state index in [4.69, 9.17) is 4.74 Å². The van der Waals surface area contributed by atoms with E-state index in [0.29, 0.717) is 23.4 Å². The van der Waals surface area contributed by atoms with E-state index in [2.05, 4.69) is 5.32 Å². The van der Waals surface area contributed by atoms with Crippen LogP contribution in [-0.4, -0.2) is 45.1 Å². The van der Waals surface area contributed by atoms with Crippen molar-refractivity contribution in [2.24, 2.45) is 0 Å². The third-order valence-electron chi connectivity index (χ3n) is 4.50. The Morgan fingerprint density at radius 1 is 1.38 bits per heavy atom. The molecule has 2 atom stereocenters. The molecule has 2 aliphatic heterocycles. The molecular formula is C15H21NO4S. The Morgan fingerprint density at radius 3 is 2.90 bits per heavy atom. The van der Waals surface area contributed by atoms with Gasteiger partial charge in [-0.3, -0.25) is 0 Å². The van der Waals surface area contributed by atoms with E-state index in [1.54, 1.807) is 18.2 Å². The quantitative estimate of drug-likeness (QED) is 0.861. The lowest BCUT2D eigenvalue weighted by Crippen LogP contribution is -2.52. The molecule has 2 aliphatic rings. The van der Waals surface area contributed by atoms with E-state index in [-0.39, 0.29) is 18.5 Å². The zero-order valence-corrected chi connectivity index (χ0v) is 12.7. The Morgan fingerprint density at radius 2 is 2.19 bits per heavy atom. The van der Waals surface area contributed by atoms with Crippen molar-refractivity contribution in [3.05, 3.63) is 29.8 Å². The largest absolute Gasteiger partial charge is 0.394 e. The molecule has 0 aromatic heterocycles. The first-order chi connectivity index (χ1) is 10.1. The van der Waals surface area contributed by atoms with Crippen LogP contribution < -0.4 is 5.32 Å². The van der Waals surface area contributed by atoms with Crippen LogP contribution in [0.15, 0.2) is 29.2 Å². The van der Waals surface area contributed by atoms with E-state index < -0.39 is 15.4 Å². The van der Waals surface area contributed by atoms with Gasteiger partial charge in [-0.15, -0.1) is 0 Å². The number of ether oxygens (including phenoxy) is 1. The van der Waals surface area contributed by atoms with Crippen molar-refractivity contribution >= 4 is 9.84 Å². The van der Waals surface area contributed by atoms with Crippen LogP contribution in [-0.2, 0) is 20.1 Å². The monoisotopic (exact) mass is 311 g/mol. The van der Waals surface area contributed by atoms with Crippen LogP contribution in [0, 0.1) is 0 Å². The van der Waals surface area contributed by atoms with Gasteiger partial charge < -0.3 is 15.2 Å². The molecule has 1 aromatic carbocycles. The zero-order chi connectivity index (χ0) is 14.9. The summed E-state index contributed by atoms with van der Waals surface area (Å²) in [7, 11) is -3.24. The number of hydrogen-bond acceptors (Lipinski definition) is 5. The molecule has 2 N–H and O–H groups in total. The Kier molecular flexibility index (Phi) is 4.05. The minimum atomic E-state index is -3.24. The molecule has 116 valence electrons. The predicted octanol–water partition coefficient (Wildman–Crippen LogP) is 0.820. The maximum atomic E-state index is 12.2. The van der Waals surface area contributed by atoms with Crippen LogP contribution >= 0.6 is 0 Å². The number of benzene rings is 1. The number of rotatable bonds is 4. The van der Waals surface area contributed by atoms with E-state index in [0.717, 1.165) is 19.4 Å². The lowest BCUT2D eigenvalue weighted by atomic mass is 9.87. The number of aliphatic hydroxyl groups is 1. The number of fused-ring (bicyclic) bond motifs is 1. The first-order valence-electron chi connectivity index (χ1n) is 7.37. The SMILES string of the molecule is O=S1(=O)CCC(CO)(NCC2CCCO2)c2ccccc21. The molecule has 0 bridgehead atoms. The predicted molar refractivity (Wildman–Crippen MR) is 78.9 cm³/mol. The summed E-state index contributed by atoms with van der Waals surface area (Å²) in [6, 6.07) is 6.97. The Balaban J connectivity index is 1.91. The maximum absolute atomic E-state index is 12.2. The van der Waals surface area contributed by atoms with Crippen LogP contribution in [0.5, 0.6) is 0 Å². The van der Waals surface area contributed by atoms with Gasteiger partial charge in [0.1, 0.15) is 0 Å². The molecule has 1 saturated heterocycles. The Labute approximate surface area is 125 Å². The fraction of sp³-hybridized carbons (Fsp3) is 0.600. The number of sulfone groups is 1. The highest BCUT2D eigenvalue weighted by atomic mass is 32.2. The second kappa shape index (κ2) is 5.68. The topological polar surface area (TPSA) is 75.6 Å². The molecule has 2 heterocycles. The molecule has 0 spiro atoms. The van der Waals surface area contributed by atoms with E-state index in [9.17, 15) is 13.5 Å². The van der Waals surface area contributed by atoms with Gasteiger partial charge in [0.15, 0.2) is 9.84 Å². The molecular weight excluding hydrogens is 290 g/mol. The summed E-state index contributed by atoms with van der Waals surface area (Å²) in [5.41, 5.74) is -0.00910. The summed E-state index contributed by atoms with van der Waals surface area (Å²) in [6.07, 6.45) is 2.60. The van der Waals surface area contributed by atoms with Gasteiger partial charge in [0.25, 0.3) is 0 Å². The molecule has 1 aromatic rings. The van der Waals surface area contributed by atoms with E-state index in [1.807, 2.05) is 6.07 Å². The number of nitrogens with one attached hydrogen (secondary N) is 1. The van der Waals surface area contributed by atoms with Crippen LogP contribution in [0.2, 0.25) is 0 Å². The Hall–Kier alpha value is -0.950. The van der Waals surface area contributed by atoms with Crippen LogP contribution in [0.1, 0.15) is 24.8 Å². The molecule has 2 unspecified atom stereocenters. The normalized spacial score (nSPS) is 31.0. The van der Waals surface area contributed by atoms with Crippen molar-refractivity contribution in [1.29, 1.82) is 0 Å². The molecule has 21 heavy (non-hydrogen) atoms. The molecule has 3 rings (SSSR count). The van der Waals surface area contributed by atoms with Gasteiger partial charge in [-0.05, 0) is 30.9 Å². The summed E-state index contributed by atoms with van der Waals surface area (Å²) in [5.74, 6) is 0.0586. The highest BCUT2D eigenvalue weighted by Gasteiger charge is 2.41. The van der Waals surface area contributed by atoms with Crippen molar-refractivity contribution < 1.29 is 18.3 Å². The molecule has 0 amide bonds. The van der Waals surface area contributed by atoms with Gasteiger partial charge in [0.2, 0.25) is 0 Å². The van der Waals surface area contributed by atoms with Crippen molar-refractivity contribution in [2.75, 3.05) is 25.5 Å². The molecule has 0 saturated carbocycles. The third-order valence-corrected chi connectivity index (χ3v) is 6.26. The minimum Gasteiger partial charge on any atom is -0.394 e. The summed E-state index contributed by atoms with van der Waals surface area (Å²) < 4.78 is 30.0. The van der Waals surface area contributed by atoms with Gasteiger partial charge in [0, 0.05) is 13.2 Å². The van der Waals surface area contributed by atoms with Crippen LogP contribution in [0.3, 0.4) is 0 Å². The standard InChI is InChI=1S/C15H21NO4S/c17-11-15(16-10-12-4-3-8-20-12)7-9-21(18,19)14-6-2-1-5-13(14)15/h1-2,5-6,12,16-17H,3-4,7-11H2. The zero-order valence-electron chi connectivity index (χ0n) is 11.9. The number of aliphatic hydroxyl groups excluding tert-OH is 1.